The van der Waals surface area contributed by atoms with Crippen molar-refractivity contribution < 1.29 is 20.1 Å². The van der Waals surface area contributed by atoms with E-state index in [1.165, 1.54) is 6.07 Å². The van der Waals surface area contributed by atoms with E-state index in [2.05, 4.69) is 5.32 Å². The maximum absolute atomic E-state index is 13.4. The van der Waals surface area contributed by atoms with Gasteiger partial charge in [-0.1, -0.05) is 38.5 Å². The molecule has 5 heteroatoms. The number of rotatable bonds is 6. The fourth-order valence-corrected chi connectivity index (χ4v) is 1.92. The summed E-state index contributed by atoms with van der Waals surface area (Å²) >= 11 is 0. The zero-order valence-corrected chi connectivity index (χ0v) is 12.7. The molecule has 21 heavy (non-hydrogen) atoms. The summed E-state index contributed by atoms with van der Waals surface area (Å²) in [6.45, 7) is 5.74. The highest BCUT2D eigenvalue weighted by atomic mass is 19.1. The van der Waals surface area contributed by atoms with Gasteiger partial charge in [0, 0.05) is 13.5 Å². The molecule has 1 amide bonds. The van der Waals surface area contributed by atoms with E-state index in [-0.39, 0.29) is 20.0 Å². The van der Waals surface area contributed by atoms with E-state index in [1.807, 2.05) is 13.8 Å². The molecule has 0 fully saturated rings. The summed E-state index contributed by atoms with van der Waals surface area (Å²) < 4.78 is 18.5. The first-order chi connectivity index (χ1) is 9.95. The van der Waals surface area contributed by atoms with Gasteiger partial charge in [0.05, 0.1) is 0 Å². The molecule has 0 heterocycles. The van der Waals surface area contributed by atoms with Crippen LogP contribution >= 0.6 is 0 Å². The molecular formula is C16H24FNO3. The summed E-state index contributed by atoms with van der Waals surface area (Å²) in [5.74, 6) is -2.01. The van der Waals surface area contributed by atoms with Gasteiger partial charge < -0.3 is 10.1 Å². The van der Waals surface area contributed by atoms with E-state index in [0.717, 1.165) is 12.8 Å². The van der Waals surface area contributed by atoms with Gasteiger partial charge in [-0.15, -0.1) is 0 Å². The number of carbonyl (C=O) groups is 2. The van der Waals surface area contributed by atoms with Gasteiger partial charge in [0.1, 0.15) is 11.9 Å². The van der Waals surface area contributed by atoms with Crippen LogP contribution in [-0.4, -0.2) is 18.0 Å². The van der Waals surface area contributed by atoms with Crippen molar-refractivity contribution in [2.45, 2.75) is 46.3 Å². The number of hydrogen-bond acceptors (Lipinski definition) is 3. The van der Waals surface area contributed by atoms with E-state index in [1.54, 1.807) is 25.1 Å². The molecule has 0 aliphatic heterocycles. The summed E-state index contributed by atoms with van der Waals surface area (Å²) in [5.41, 5.74) is 0.325. The fourth-order valence-electron chi connectivity index (χ4n) is 1.92. The molecule has 0 aliphatic carbocycles. The zero-order chi connectivity index (χ0) is 15.8. The molecule has 0 spiro atoms. The highest BCUT2D eigenvalue weighted by molar-refractivity contribution is 6.32. The molecule has 0 saturated carbocycles. The maximum atomic E-state index is 13.4. The van der Waals surface area contributed by atoms with E-state index >= 15 is 0 Å². The highest BCUT2D eigenvalue weighted by Crippen LogP contribution is 2.13. The molecule has 1 aromatic rings. The van der Waals surface area contributed by atoms with Gasteiger partial charge in [-0.05, 0) is 25.3 Å². The number of halogens is 1. The molecule has 0 aromatic heterocycles. The normalized spacial score (nSPS) is 13.3. The van der Waals surface area contributed by atoms with Gasteiger partial charge in [-0.25, -0.2) is 9.18 Å². The largest absolute Gasteiger partial charge is 0.455 e. The lowest BCUT2D eigenvalue weighted by molar-refractivity contribution is -0.160. The predicted octanol–water partition coefficient (Wildman–Crippen LogP) is 3.06. The first kappa shape index (κ1) is 17.1. The van der Waals surface area contributed by atoms with Gasteiger partial charge in [-0.3, -0.25) is 4.79 Å². The molecule has 1 rings (SSSR count). The second kappa shape index (κ2) is 8.39. The van der Waals surface area contributed by atoms with Crippen molar-refractivity contribution in [3.05, 3.63) is 35.6 Å². The number of carbonyl (C=O) groups excluding carboxylic acids is 2. The second-order valence-electron chi connectivity index (χ2n) is 5.15. The number of hydrogen-bond donors (Lipinski definition) is 1. The smallest absolute Gasteiger partial charge is 0.397 e. The Morgan fingerprint density at radius 3 is 2.62 bits per heavy atom. The molecule has 0 radical (unpaired) electrons. The lowest BCUT2D eigenvalue weighted by atomic mass is 10.0. The predicted molar refractivity (Wildman–Crippen MR) is 80.0 cm³/mol. The minimum atomic E-state index is -0.929. The second-order valence-corrected chi connectivity index (χ2v) is 5.15. The Hall–Kier alpha value is -1.91. The first-order valence-corrected chi connectivity index (χ1v) is 7.17. The van der Waals surface area contributed by atoms with Gasteiger partial charge in [0.15, 0.2) is 0 Å². The minimum Gasteiger partial charge on any atom is -0.455 e. The third kappa shape index (κ3) is 5.53. The highest BCUT2D eigenvalue weighted by Gasteiger charge is 2.21. The molecule has 0 aliphatic rings. The van der Waals surface area contributed by atoms with E-state index in [4.69, 9.17) is 4.74 Å². The standard InChI is InChI=1S/C16H22FNO3.H2/c1-4-7-11(2)12(3)21-16(20)15(19)18-10-13-8-5-6-9-14(13)17;/h5-6,8-9,11-12H,4,7,10H2,1-3H3,(H,18,19);1H/t11?,12-;/m1./s1. The van der Waals surface area contributed by atoms with Crippen LogP contribution in [0.25, 0.3) is 0 Å². The zero-order valence-electron chi connectivity index (χ0n) is 12.7. The van der Waals surface area contributed by atoms with Gasteiger partial charge in [-0.2, -0.15) is 0 Å². The van der Waals surface area contributed by atoms with E-state index < -0.39 is 17.7 Å². The maximum Gasteiger partial charge on any atom is 0.397 e. The Morgan fingerprint density at radius 2 is 2.00 bits per heavy atom. The monoisotopic (exact) mass is 297 g/mol. The minimum absolute atomic E-state index is 0. The van der Waals surface area contributed by atoms with Crippen LogP contribution in [0.4, 0.5) is 4.39 Å². The Labute approximate surface area is 126 Å². The topological polar surface area (TPSA) is 55.4 Å². The van der Waals surface area contributed by atoms with Gasteiger partial charge in [0.2, 0.25) is 0 Å². The SMILES string of the molecule is CCCC(C)[C@@H](C)OC(=O)C(=O)NCc1ccccc1F.[HH]. The quantitative estimate of drug-likeness (QED) is 0.648. The van der Waals surface area contributed by atoms with Crippen LogP contribution in [0.2, 0.25) is 0 Å². The molecule has 1 unspecified atom stereocenters. The summed E-state index contributed by atoms with van der Waals surface area (Å²) in [4.78, 5) is 23.3. The first-order valence-electron chi connectivity index (χ1n) is 7.17. The molecule has 1 aromatic carbocycles. The Balaban J connectivity index is 0.00000441. The Morgan fingerprint density at radius 1 is 1.33 bits per heavy atom. The third-order valence-corrected chi connectivity index (χ3v) is 3.42. The molecular weight excluding hydrogens is 273 g/mol. The number of nitrogens with one attached hydrogen (secondary N) is 1. The van der Waals surface area contributed by atoms with Crippen molar-refractivity contribution in [3.8, 4) is 0 Å². The van der Waals surface area contributed by atoms with Crippen molar-refractivity contribution in [1.29, 1.82) is 0 Å². The third-order valence-electron chi connectivity index (χ3n) is 3.42. The number of ether oxygens (including phenoxy) is 1. The van der Waals surface area contributed by atoms with Crippen molar-refractivity contribution in [3.63, 3.8) is 0 Å². The van der Waals surface area contributed by atoms with Crippen LogP contribution in [0, 0.1) is 11.7 Å². The van der Waals surface area contributed by atoms with Crippen molar-refractivity contribution >= 4 is 11.9 Å². The molecule has 0 bridgehead atoms. The van der Waals surface area contributed by atoms with E-state index in [9.17, 15) is 14.0 Å². The summed E-state index contributed by atoms with van der Waals surface area (Å²) in [5, 5.41) is 2.36. The lowest BCUT2D eigenvalue weighted by Crippen LogP contribution is -2.35. The molecule has 0 saturated heterocycles. The molecule has 1 N–H and O–H groups in total. The van der Waals surface area contributed by atoms with Crippen LogP contribution < -0.4 is 5.32 Å². The van der Waals surface area contributed by atoms with Crippen LogP contribution in [0.15, 0.2) is 24.3 Å². The van der Waals surface area contributed by atoms with Crippen LogP contribution in [0.3, 0.4) is 0 Å². The molecule has 2 atom stereocenters. The van der Waals surface area contributed by atoms with Crippen LogP contribution in [0.5, 0.6) is 0 Å². The van der Waals surface area contributed by atoms with Gasteiger partial charge >= 0.3 is 11.9 Å². The summed E-state index contributed by atoms with van der Waals surface area (Å²) in [6, 6.07) is 6.07. The fraction of sp³-hybridized carbons (Fsp3) is 0.500. The van der Waals surface area contributed by atoms with E-state index in [0.29, 0.717) is 5.56 Å². The average Bonchev–Trinajstić information content (AvgIpc) is 2.46. The summed E-state index contributed by atoms with van der Waals surface area (Å²) in [6.07, 6.45) is 1.59. The average molecular weight is 297 g/mol. The number of amides is 1. The summed E-state index contributed by atoms with van der Waals surface area (Å²) in [7, 11) is 0. The lowest BCUT2D eigenvalue weighted by Gasteiger charge is -2.19. The molecule has 4 nitrogen and oxygen atoms in total. The Kier molecular flexibility index (Phi) is 6.85. The van der Waals surface area contributed by atoms with Crippen LogP contribution in [-0.2, 0) is 20.9 Å². The Bertz CT molecular complexity index is 496. The molecule has 118 valence electrons. The van der Waals surface area contributed by atoms with Crippen LogP contribution in [0.1, 0.15) is 40.6 Å². The van der Waals surface area contributed by atoms with Crippen molar-refractivity contribution in [2.24, 2.45) is 5.92 Å². The van der Waals surface area contributed by atoms with Crippen molar-refractivity contribution in [2.75, 3.05) is 0 Å². The van der Waals surface area contributed by atoms with Gasteiger partial charge in [0.25, 0.3) is 0 Å². The number of esters is 1. The van der Waals surface area contributed by atoms with Crippen molar-refractivity contribution in [1.82, 2.24) is 5.32 Å². The number of benzene rings is 1.